The van der Waals surface area contributed by atoms with E-state index in [0.717, 1.165) is 5.56 Å². The number of rotatable bonds is 2. The fraction of sp³-hybridized carbons (Fsp3) is 0.300. The van der Waals surface area contributed by atoms with E-state index in [2.05, 4.69) is 0 Å². The molecule has 0 aliphatic rings. The predicted octanol–water partition coefficient (Wildman–Crippen LogP) is 2.31. The lowest BCUT2D eigenvalue weighted by Gasteiger charge is -2.08. The zero-order valence-corrected chi connectivity index (χ0v) is 8.04. The second kappa shape index (κ2) is 4.27. The average molecular weight is 196 g/mol. The van der Waals surface area contributed by atoms with Crippen LogP contribution in [-0.2, 0) is 0 Å². The molecule has 1 aromatic rings. The standard InChI is InChI=1S/C10H10ClNO/c1-7(6-13)8-2-3-9(5-12)10(11)4-8/h2-4,7,13H,6H2,1H3. The number of nitrogens with zero attached hydrogens (tertiary/aromatic N) is 1. The van der Waals surface area contributed by atoms with Crippen LogP contribution in [0.15, 0.2) is 18.2 Å². The Balaban J connectivity index is 3.04. The molecule has 68 valence electrons. The molecule has 0 amide bonds. The van der Waals surface area contributed by atoms with Crippen LogP contribution in [-0.4, -0.2) is 11.7 Å². The van der Waals surface area contributed by atoms with Crippen molar-refractivity contribution in [1.29, 1.82) is 5.26 Å². The Bertz CT molecular complexity index is 343. The third-order valence-corrected chi connectivity index (χ3v) is 2.27. The Morgan fingerprint density at radius 2 is 2.31 bits per heavy atom. The van der Waals surface area contributed by atoms with Gasteiger partial charge in [-0.3, -0.25) is 0 Å². The third-order valence-electron chi connectivity index (χ3n) is 1.96. The molecule has 2 nitrogen and oxygen atoms in total. The molecule has 0 saturated heterocycles. The van der Waals surface area contributed by atoms with Gasteiger partial charge in [0, 0.05) is 12.5 Å². The Morgan fingerprint density at radius 3 is 2.77 bits per heavy atom. The summed E-state index contributed by atoms with van der Waals surface area (Å²) in [5, 5.41) is 18.0. The van der Waals surface area contributed by atoms with Crippen molar-refractivity contribution in [3.05, 3.63) is 34.3 Å². The maximum absolute atomic E-state index is 8.90. The topological polar surface area (TPSA) is 44.0 Å². The number of aliphatic hydroxyl groups is 1. The molecule has 1 rings (SSSR count). The molecule has 0 heterocycles. The van der Waals surface area contributed by atoms with Crippen LogP contribution in [0.3, 0.4) is 0 Å². The van der Waals surface area contributed by atoms with E-state index in [-0.39, 0.29) is 12.5 Å². The smallest absolute Gasteiger partial charge is 0.101 e. The highest BCUT2D eigenvalue weighted by Gasteiger charge is 2.06. The minimum Gasteiger partial charge on any atom is -0.396 e. The summed E-state index contributed by atoms with van der Waals surface area (Å²) < 4.78 is 0. The van der Waals surface area contributed by atoms with E-state index in [1.165, 1.54) is 0 Å². The number of hydrogen-bond donors (Lipinski definition) is 1. The molecule has 13 heavy (non-hydrogen) atoms. The van der Waals surface area contributed by atoms with Crippen molar-refractivity contribution in [2.45, 2.75) is 12.8 Å². The van der Waals surface area contributed by atoms with E-state index in [1.54, 1.807) is 12.1 Å². The van der Waals surface area contributed by atoms with Crippen LogP contribution < -0.4 is 0 Å². The van der Waals surface area contributed by atoms with Crippen LogP contribution >= 0.6 is 11.6 Å². The molecule has 0 bridgehead atoms. The van der Waals surface area contributed by atoms with Crippen LogP contribution in [0.25, 0.3) is 0 Å². The SMILES string of the molecule is CC(CO)c1ccc(C#N)c(Cl)c1. The monoisotopic (exact) mass is 195 g/mol. The predicted molar refractivity (Wildman–Crippen MR) is 51.7 cm³/mol. The Morgan fingerprint density at radius 1 is 1.62 bits per heavy atom. The van der Waals surface area contributed by atoms with Crippen LogP contribution in [0, 0.1) is 11.3 Å². The minimum atomic E-state index is 0.0604. The molecule has 0 aliphatic heterocycles. The normalized spacial score (nSPS) is 12.2. The van der Waals surface area contributed by atoms with Gasteiger partial charge in [-0.15, -0.1) is 0 Å². The van der Waals surface area contributed by atoms with Gasteiger partial charge < -0.3 is 5.11 Å². The molecule has 1 atom stereocenters. The van der Waals surface area contributed by atoms with Crippen LogP contribution in [0.5, 0.6) is 0 Å². The highest BCUT2D eigenvalue weighted by Crippen LogP contribution is 2.22. The number of nitriles is 1. The van der Waals surface area contributed by atoms with Crippen LogP contribution in [0.2, 0.25) is 5.02 Å². The number of benzene rings is 1. The first-order chi connectivity index (χ1) is 6.19. The summed E-state index contributed by atoms with van der Waals surface area (Å²) in [6, 6.07) is 7.19. The van der Waals surface area contributed by atoms with Crippen molar-refractivity contribution in [2.75, 3.05) is 6.61 Å². The van der Waals surface area contributed by atoms with Gasteiger partial charge in [0.25, 0.3) is 0 Å². The molecule has 1 unspecified atom stereocenters. The lowest BCUT2D eigenvalue weighted by atomic mass is 10.0. The molecule has 0 saturated carbocycles. The van der Waals surface area contributed by atoms with Gasteiger partial charge >= 0.3 is 0 Å². The van der Waals surface area contributed by atoms with Crippen molar-refractivity contribution < 1.29 is 5.11 Å². The highest BCUT2D eigenvalue weighted by atomic mass is 35.5. The zero-order valence-electron chi connectivity index (χ0n) is 7.29. The van der Waals surface area contributed by atoms with Crippen molar-refractivity contribution in [3.8, 4) is 6.07 Å². The molecule has 0 aromatic heterocycles. The van der Waals surface area contributed by atoms with Gasteiger partial charge in [0.15, 0.2) is 0 Å². The van der Waals surface area contributed by atoms with E-state index in [4.69, 9.17) is 22.0 Å². The van der Waals surface area contributed by atoms with Gasteiger partial charge in [-0.2, -0.15) is 5.26 Å². The molecule has 0 fully saturated rings. The van der Waals surface area contributed by atoms with Crippen molar-refractivity contribution in [2.24, 2.45) is 0 Å². The number of halogens is 1. The molecule has 1 aromatic carbocycles. The van der Waals surface area contributed by atoms with E-state index in [0.29, 0.717) is 10.6 Å². The first-order valence-electron chi connectivity index (χ1n) is 3.99. The lowest BCUT2D eigenvalue weighted by Crippen LogP contribution is -1.98. The largest absolute Gasteiger partial charge is 0.396 e. The summed E-state index contributed by atoms with van der Waals surface area (Å²) in [4.78, 5) is 0. The van der Waals surface area contributed by atoms with Crippen LogP contribution in [0.4, 0.5) is 0 Å². The van der Waals surface area contributed by atoms with Crippen molar-refractivity contribution >= 4 is 11.6 Å². The molecule has 1 N–H and O–H groups in total. The van der Waals surface area contributed by atoms with Crippen LogP contribution in [0.1, 0.15) is 24.0 Å². The number of hydrogen-bond acceptors (Lipinski definition) is 2. The minimum absolute atomic E-state index is 0.0604. The fourth-order valence-corrected chi connectivity index (χ4v) is 1.27. The second-order valence-electron chi connectivity index (χ2n) is 2.93. The van der Waals surface area contributed by atoms with Gasteiger partial charge in [0.1, 0.15) is 6.07 Å². The summed E-state index contributed by atoms with van der Waals surface area (Å²) in [7, 11) is 0. The Kier molecular flexibility index (Phi) is 3.30. The quantitative estimate of drug-likeness (QED) is 0.787. The van der Waals surface area contributed by atoms with Crippen molar-refractivity contribution in [1.82, 2.24) is 0 Å². The Hall–Kier alpha value is -1.04. The molecule has 0 spiro atoms. The maximum atomic E-state index is 8.90. The molecule has 3 heteroatoms. The summed E-state index contributed by atoms with van der Waals surface area (Å²) in [5.74, 6) is 0.0604. The Labute approximate surface area is 82.4 Å². The third kappa shape index (κ3) is 2.21. The van der Waals surface area contributed by atoms with Gasteiger partial charge in [-0.1, -0.05) is 24.6 Å². The van der Waals surface area contributed by atoms with Crippen molar-refractivity contribution in [3.63, 3.8) is 0 Å². The number of aliphatic hydroxyl groups excluding tert-OH is 1. The van der Waals surface area contributed by atoms with E-state index in [9.17, 15) is 0 Å². The van der Waals surface area contributed by atoms with Gasteiger partial charge in [0.05, 0.1) is 10.6 Å². The summed E-state index contributed by atoms with van der Waals surface area (Å²) in [6.07, 6.45) is 0. The highest BCUT2D eigenvalue weighted by molar-refractivity contribution is 6.31. The maximum Gasteiger partial charge on any atom is 0.101 e. The van der Waals surface area contributed by atoms with Gasteiger partial charge in [0.2, 0.25) is 0 Å². The summed E-state index contributed by atoms with van der Waals surface area (Å²) >= 11 is 5.83. The zero-order chi connectivity index (χ0) is 9.84. The second-order valence-corrected chi connectivity index (χ2v) is 3.34. The molecular formula is C10H10ClNO. The van der Waals surface area contributed by atoms with E-state index in [1.807, 2.05) is 19.1 Å². The first kappa shape index (κ1) is 10.0. The molecule has 0 aliphatic carbocycles. The van der Waals surface area contributed by atoms with Gasteiger partial charge in [-0.25, -0.2) is 0 Å². The average Bonchev–Trinajstić information content (AvgIpc) is 2.16. The van der Waals surface area contributed by atoms with Gasteiger partial charge in [-0.05, 0) is 17.7 Å². The van der Waals surface area contributed by atoms with E-state index < -0.39 is 0 Å². The summed E-state index contributed by atoms with van der Waals surface area (Å²) in [6.45, 7) is 1.99. The fourth-order valence-electron chi connectivity index (χ4n) is 1.03. The molecule has 0 radical (unpaired) electrons. The summed E-state index contributed by atoms with van der Waals surface area (Å²) in [5.41, 5.74) is 1.42. The van der Waals surface area contributed by atoms with E-state index >= 15 is 0 Å². The molecular weight excluding hydrogens is 186 g/mol. The lowest BCUT2D eigenvalue weighted by molar-refractivity contribution is 0.273. The first-order valence-corrected chi connectivity index (χ1v) is 4.37.